The van der Waals surface area contributed by atoms with Crippen molar-refractivity contribution in [2.24, 2.45) is 32.0 Å². The minimum absolute atomic E-state index is 0. The average Bonchev–Trinajstić information content (AvgIpc) is 1.51. The van der Waals surface area contributed by atoms with Crippen LogP contribution in [0.4, 0.5) is 0 Å². The molecule has 3 aromatic carbocycles. The summed E-state index contributed by atoms with van der Waals surface area (Å²) in [6.07, 6.45) is 2.61. The van der Waals surface area contributed by atoms with Gasteiger partial charge in [0.05, 0.1) is 82.1 Å². The number of hydrazone groups is 2. The van der Waals surface area contributed by atoms with E-state index in [9.17, 15) is 43.2 Å². The Morgan fingerprint density at radius 3 is 1.19 bits per heavy atom. The van der Waals surface area contributed by atoms with Gasteiger partial charge in [0.15, 0.2) is 32.9 Å². The lowest BCUT2D eigenvalue weighted by Gasteiger charge is -2.32. The highest BCUT2D eigenvalue weighted by Crippen LogP contribution is 2.40. The fourth-order valence-corrected chi connectivity index (χ4v) is 12.4. The van der Waals surface area contributed by atoms with Crippen molar-refractivity contribution in [3.63, 3.8) is 0 Å². The van der Waals surface area contributed by atoms with E-state index in [1.807, 2.05) is 96.9 Å². The zero-order chi connectivity index (χ0) is 72.6. The van der Waals surface area contributed by atoms with E-state index >= 15 is 0 Å². The number of amides is 2. The second-order valence-corrected chi connectivity index (χ2v) is 29.5. The van der Waals surface area contributed by atoms with Crippen LogP contribution in [0.1, 0.15) is 171 Å². The van der Waals surface area contributed by atoms with Gasteiger partial charge in [0.25, 0.3) is 0 Å². The maximum atomic E-state index is 13.0. The molecule has 0 N–H and O–H groups in total. The highest BCUT2D eigenvalue weighted by atomic mass is 79.9. The molecule has 2 amide bonds. The third-order valence-electron chi connectivity index (χ3n) is 16.9. The maximum absolute atomic E-state index is 13.0. The quantitative estimate of drug-likeness (QED) is 0.0724. The van der Waals surface area contributed by atoms with Gasteiger partial charge >= 0.3 is 14.2 Å². The molecule has 7 heterocycles. The van der Waals surface area contributed by atoms with Gasteiger partial charge in [-0.15, -0.1) is 10.2 Å². The van der Waals surface area contributed by atoms with Crippen molar-refractivity contribution in [1.29, 1.82) is 0 Å². The van der Waals surface area contributed by atoms with Crippen LogP contribution in [-0.4, -0.2) is 158 Å². The van der Waals surface area contributed by atoms with Crippen LogP contribution in [0.25, 0.3) is 0 Å². The molecule has 31 heteroatoms. The van der Waals surface area contributed by atoms with Gasteiger partial charge in [0.2, 0.25) is 29.2 Å². The number of benzene rings is 3. The van der Waals surface area contributed by atoms with Gasteiger partial charge < -0.3 is 18.6 Å². The molecule has 2 fully saturated rings. The Bertz CT molecular complexity index is 4100. The molecule has 0 spiro atoms. The van der Waals surface area contributed by atoms with Crippen LogP contribution in [0.5, 0.6) is 0 Å². The van der Waals surface area contributed by atoms with E-state index in [-0.39, 0.29) is 154 Å². The van der Waals surface area contributed by atoms with E-state index < -0.39 is 65.7 Å². The van der Waals surface area contributed by atoms with Crippen molar-refractivity contribution < 1.29 is 61.8 Å². The Balaban J connectivity index is 0.000000215. The van der Waals surface area contributed by atoms with Crippen molar-refractivity contribution in [2.75, 3.05) is 27.2 Å². The first-order valence-electron chi connectivity index (χ1n) is 30.2. The SMILES string of the molecule is C.CC(C)C1=CC(C(=O)c2c(Cl)cc(B3OC(C)(C)C(C)(C)O3)cc2Cl)=NCC1=O.CC(C)C1=CC(C(=O)c2c(Cl)cc(C3=NN(C)C(=O)CC3=O)cc2Cl)=NCC1=O.CC(C)c1cc(C(=O)c2c(Cl)cc(B3OC(C)(C)C(C)(C)O3)cc2Cl)nnc1Cl.CN1N=C(Br)C(=O)CC1=O. The number of ketones is 7. The number of allylic oxidation sites excluding steroid dienone is 2. The molecule has 4 aromatic rings. The molecule has 0 saturated carbocycles. The Morgan fingerprint density at radius 2 is 0.837 bits per heavy atom. The predicted molar refractivity (Wildman–Crippen MR) is 389 cm³/mol. The highest BCUT2D eigenvalue weighted by molar-refractivity contribution is 9.19. The Morgan fingerprint density at radius 1 is 0.490 bits per heavy atom. The average molecular weight is 1550 g/mol. The first kappa shape index (κ1) is 81.0. The van der Waals surface area contributed by atoms with E-state index in [0.717, 1.165) is 15.6 Å². The third kappa shape index (κ3) is 18.0. The Kier molecular flexibility index (Phi) is 26.4. The molecule has 0 unspecified atom stereocenters. The number of dihydropyridines is 2. The van der Waals surface area contributed by atoms with E-state index in [0.29, 0.717) is 27.6 Å². The van der Waals surface area contributed by atoms with Crippen molar-refractivity contribution in [2.45, 2.75) is 146 Å². The van der Waals surface area contributed by atoms with Gasteiger partial charge in [0.1, 0.15) is 35.9 Å². The number of hydrogen-bond acceptors (Lipinski definition) is 19. The lowest BCUT2D eigenvalue weighted by Crippen LogP contribution is -2.41. The molecule has 6 aliphatic rings. The normalized spacial score (nSPS) is 18.5. The van der Waals surface area contributed by atoms with E-state index in [1.54, 1.807) is 30.3 Å². The van der Waals surface area contributed by atoms with Crippen LogP contribution in [-0.2, 0) is 47.4 Å². The summed E-state index contributed by atoms with van der Waals surface area (Å²) in [5.41, 5.74) is 2.16. The summed E-state index contributed by atoms with van der Waals surface area (Å²) in [5, 5.41) is 18.7. The lowest BCUT2D eigenvalue weighted by molar-refractivity contribution is -0.135. The standard InChI is InChI=1S/C21H24BCl2NO4.C20H22BCl3N2O3.C20H17Cl2N3O4.C5H5BrN2O2.CH4/c1-11(2)13-9-16(25-10-17(13)26)19(27)18-14(23)7-12(8-15(18)24)22-28-20(3,4)21(5,6)29-22;1-10(2)12-9-15(25-26-18(12)24)17(27)16-13(22)7-11(8-14(16)23)21-28-19(3,4)20(5,6)29-21;1-9(2)11-6-14(23-8-16(11)27)20(29)18-12(21)4-10(5-13(18)22)19-15(26)7-17(28)25(3)24-19;1-8-4(10)2-3(9)5(6)7-8;/h7-9,11H,10H2,1-6H3;7-10H,1-6H3;4-6,9H,7-8H2,1-3H3;2H2,1H3;1H4. The van der Waals surface area contributed by atoms with Gasteiger partial charge in [-0.25, -0.2) is 10.0 Å². The molecule has 0 aliphatic carbocycles. The number of nitrogens with zero attached hydrogens (tertiary/aromatic N) is 8. The molecular weight excluding hydrogens is 1470 g/mol. The second kappa shape index (κ2) is 31.9. The Labute approximate surface area is 613 Å². The number of carbonyl (C=O) groups excluding carboxylic acids is 9. The summed E-state index contributed by atoms with van der Waals surface area (Å²) in [6, 6.07) is 11.0. The number of aliphatic imine (C=N–C) groups is 2. The minimum atomic E-state index is -0.642. The molecule has 0 atom stereocenters. The molecule has 520 valence electrons. The largest absolute Gasteiger partial charge is 0.494 e. The van der Waals surface area contributed by atoms with Crippen LogP contribution in [0.3, 0.4) is 0 Å². The number of halogens is 8. The first-order valence-corrected chi connectivity index (χ1v) is 33.7. The monoisotopic (exact) mass is 1540 g/mol. The topological polar surface area (TPSA) is 272 Å². The number of hydrogen-bond donors (Lipinski definition) is 0. The van der Waals surface area contributed by atoms with Crippen LogP contribution in [0.2, 0.25) is 35.3 Å². The Hall–Kier alpha value is -5.99. The van der Waals surface area contributed by atoms with Gasteiger partial charge in [-0.1, -0.05) is 130 Å². The molecule has 2 saturated heterocycles. The van der Waals surface area contributed by atoms with E-state index in [4.69, 9.17) is 99.8 Å². The summed E-state index contributed by atoms with van der Waals surface area (Å²) in [7, 11) is 1.67. The van der Waals surface area contributed by atoms with Crippen LogP contribution in [0, 0.1) is 11.8 Å². The fraction of sp³-hybridized carbons (Fsp3) is 0.418. The molecule has 0 radical (unpaired) electrons. The van der Waals surface area contributed by atoms with Crippen molar-refractivity contribution in [1.82, 2.24) is 20.2 Å². The van der Waals surface area contributed by atoms with E-state index in [2.05, 4.69) is 46.3 Å². The zero-order valence-electron chi connectivity index (χ0n) is 55.8. The van der Waals surface area contributed by atoms with Crippen molar-refractivity contribution >= 4 is 196 Å². The van der Waals surface area contributed by atoms with Crippen LogP contribution >= 0.6 is 97.1 Å². The highest BCUT2D eigenvalue weighted by Gasteiger charge is 2.53. The van der Waals surface area contributed by atoms with Crippen molar-refractivity contribution in [3.05, 3.63) is 135 Å². The van der Waals surface area contributed by atoms with Gasteiger partial charge in [-0.3, -0.25) is 53.1 Å². The zero-order valence-corrected chi connectivity index (χ0v) is 62.7. The fourth-order valence-electron chi connectivity index (χ4n) is 9.75. The minimum Gasteiger partial charge on any atom is -0.399 e. The van der Waals surface area contributed by atoms with Crippen molar-refractivity contribution in [3.8, 4) is 0 Å². The predicted octanol–water partition coefficient (Wildman–Crippen LogP) is 12.9. The first-order chi connectivity index (χ1) is 44.9. The maximum Gasteiger partial charge on any atom is 0.494 e. The molecule has 0 bridgehead atoms. The summed E-state index contributed by atoms with van der Waals surface area (Å²) < 4.78 is 24.4. The smallest absolute Gasteiger partial charge is 0.399 e. The van der Waals surface area contributed by atoms with Gasteiger partial charge in [0, 0.05) is 30.8 Å². The number of carbonyl (C=O) groups is 9. The molecule has 6 aliphatic heterocycles. The molecule has 98 heavy (non-hydrogen) atoms. The number of Topliss-reactive ketones (excluding diaryl/α,β-unsaturated/α-hetero) is 6. The number of aromatic nitrogens is 2. The number of rotatable bonds is 12. The summed E-state index contributed by atoms with van der Waals surface area (Å²) in [4.78, 5) is 116. The molecule has 21 nitrogen and oxygen atoms in total. The molecule has 1 aromatic heterocycles. The van der Waals surface area contributed by atoms with E-state index in [1.165, 1.54) is 38.4 Å². The lowest BCUT2D eigenvalue weighted by atomic mass is 9.78. The molecular formula is C67H72B2BrCl7N8O13. The summed E-state index contributed by atoms with van der Waals surface area (Å²) in [6.45, 7) is 26.9. The third-order valence-corrected chi connectivity index (χ3v) is 19.5. The van der Waals surface area contributed by atoms with Gasteiger partial charge in [-0.2, -0.15) is 10.2 Å². The molecule has 10 rings (SSSR count). The second-order valence-electron chi connectivity index (χ2n) is 26.0. The summed E-state index contributed by atoms with van der Waals surface area (Å²) in [5.74, 6) is -2.93. The summed E-state index contributed by atoms with van der Waals surface area (Å²) >= 11 is 47.4. The van der Waals surface area contributed by atoms with Crippen LogP contribution < -0.4 is 10.9 Å². The van der Waals surface area contributed by atoms with Gasteiger partial charge in [-0.05, 0) is 160 Å². The van der Waals surface area contributed by atoms with Crippen LogP contribution in [0.15, 0.2) is 86.0 Å².